The van der Waals surface area contributed by atoms with Crippen molar-refractivity contribution in [2.75, 3.05) is 0 Å². The minimum Gasteiger partial charge on any atom is -0.508 e. The number of carbonyl (C=O) groups is 1. The molecule has 0 amide bonds. The van der Waals surface area contributed by atoms with Gasteiger partial charge in [-0.15, -0.1) is 0 Å². The van der Waals surface area contributed by atoms with Gasteiger partial charge in [-0.2, -0.15) is 0 Å². The molecule has 1 rings (SSSR count). The predicted molar refractivity (Wildman–Crippen MR) is 51.1 cm³/mol. The van der Waals surface area contributed by atoms with Crippen LogP contribution in [0.5, 0.6) is 5.75 Å². The molecule has 74 valence electrons. The van der Waals surface area contributed by atoms with Crippen LogP contribution >= 0.6 is 0 Å². The number of aliphatic carboxylic acids is 1. The van der Waals surface area contributed by atoms with Gasteiger partial charge in [-0.3, -0.25) is 0 Å². The second-order valence-corrected chi connectivity index (χ2v) is 2.88. The Bertz CT molecular complexity index is 393. The van der Waals surface area contributed by atoms with Crippen LogP contribution in [-0.4, -0.2) is 21.3 Å². The Morgan fingerprint density at radius 1 is 1.36 bits per heavy atom. The van der Waals surface area contributed by atoms with Gasteiger partial charge in [-0.25, -0.2) is 4.79 Å². The largest absolute Gasteiger partial charge is 0.508 e. The van der Waals surface area contributed by atoms with Gasteiger partial charge in [0.25, 0.3) is 0 Å². The topological polar surface area (TPSA) is 77.8 Å². The third-order valence-corrected chi connectivity index (χ3v) is 1.76. The number of aliphatic hydroxyl groups is 1. The third kappa shape index (κ3) is 2.26. The monoisotopic (exact) mass is 194 g/mol. The van der Waals surface area contributed by atoms with Crippen LogP contribution in [0.3, 0.4) is 0 Å². The van der Waals surface area contributed by atoms with E-state index in [0.717, 1.165) is 6.08 Å². The summed E-state index contributed by atoms with van der Waals surface area (Å²) in [5.41, 5.74) is 1.13. The molecule has 0 saturated carbocycles. The second-order valence-electron chi connectivity index (χ2n) is 2.88. The van der Waals surface area contributed by atoms with Crippen molar-refractivity contribution in [2.24, 2.45) is 0 Å². The lowest BCUT2D eigenvalue weighted by Gasteiger charge is -1.99. The van der Waals surface area contributed by atoms with Gasteiger partial charge < -0.3 is 15.3 Å². The lowest BCUT2D eigenvalue weighted by molar-refractivity contribution is -0.135. The molecule has 0 aromatic heterocycles. The van der Waals surface area contributed by atoms with E-state index in [-0.39, 0.29) is 5.75 Å². The van der Waals surface area contributed by atoms with Crippen molar-refractivity contribution in [1.29, 1.82) is 0 Å². The van der Waals surface area contributed by atoms with Crippen LogP contribution in [0, 0.1) is 6.92 Å². The number of hydrogen-bond donors (Lipinski definition) is 3. The number of aromatic hydroxyl groups is 1. The Morgan fingerprint density at radius 3 is 2.50 bits per heavy atom. The van der Waals surface area contributed by atoms with Crippen molar-refractivity contribution < 1.29 is 20.1 Å². The average Bonchev–Trinajstić information content (AvgIpc) is 2.11. The molecule has 14 heavy (non-hydrogen) atoms. The van der Waals surface area contributed by atoms with E-state index in [0.29, 0.717) is 11.1 Å². The van der Waals surface area contributed by atoms with Gasteiger partial charge in [-0.05, 0) is 30.2 Å². The van der Waals surface area contributed by atoms with E-state index in [1.54, 1.807) is 19.1 Å². The number of benzene rings is 1. The number of phenols is 1. The van der Waals surface area contributed by atoms with Crippen LogP contribution in [-0.2, 0) is 4.79 Å². The fourth-order valence-corrected chi connectivity index (χ4v) is 0.936. The summed E-state index contributed by atoms with van der Waals surface area (Å²) in [6.45, 7) is 1.72. The normalized spacial score (nSPS) is 11.4. The van der Waals surface area contributed by atoms with E-state index in [2.05, 4.69) is 0 Å². The number of carboxylic acids is 1. The molecule has 1 aromatic rings. The van der Waals surface area contributed by atoms with Gasteiger partial charge in [-0.1, -0.05) is 12.1 Å². The van der Waals surface area contributed by atoms with E-state index in [1.165, 1.54) is 6.07 Å². The summed E-state index contributed by atoms with van der Waals surface area (Å²) in [6.07, 6.45) is 1.07. The molecular weight excluding hydrogens is 184 g/mol. The van der Waals surface area contributed by atoms with E-state index < -0.39 is 11.7 Å². The smallest absolute Gasteiger partial charge is 0.370 e. The average molecular weight is 194 g/mol. The molecule has 3 N–H and O–H groups in total. The number of aryl methyl sites for hydroxylation is 1. The van der Waals surface area contributed by atoms with Crippen LogP contribution in [0.2, 0.25) is 0 Å². The number of phenolic OH excluding ortho intramolecular Hbond substituents is 1. The highest BCUT2D eigenvalue weighted by Gasteiger charge is 2.04. The fraction of sp³-hybridized carbons (Fsp3) is 0.100. The zero-order valence-corrected chi connectivity index (χ0v) is 7.56. The molecule has 1 aromatic carbocycles. The first kappa shape index (κ1) is 10.1. The minimum absolute atomic E-state index is 0.0666. The molecule has 0 atom stereocenters. The Kier molecular flexibility index (Phi) is 2.76. The molecule has 0 radical (unpaired) electrons. The first-order valence-corrected chi connectivity index (χ1v) is 3.94. The summed E-state index contributed by atoms with van der Waals surface area (Å²) >= 11 is 0. The minimum atomic E-state index is -1.40. The molecule has 0 fully saturated rings. The molecule has 0 unspecified atom stereocenters. The van der Waals surface area contributed by atoms with Crippen molar-refractivity contribution in [2.45, 2.75) is 6.92 Å². The van der Waals surface area contributed by atoms with E-state index >= 15 is 0 Å². The van der Waals surface area contributed by atoms with Crippen LogP contribution in [0.1, 0.15) is 11.1 Å². The molecule has 4 nitrogen and oxygen atoms in total. The van der Waals surface area contributed by atoms with Crippen LogP contribution in [0.4, 0.5) is 0 Å². The summed E-state index contributed by atoms with van der Waals surface area (Å²) in [5, 5.41) is 26.6. The van der Waals surface area contributed by atoms with Crippen molar-refractivity contribution in [3.8, 4) is 5.75 Å². The third-order valence-electron chi connectivity index (χ3n) is 1.76. The highest BCUT2D eigenvalue weighted by Crippen LogP contribution is 2.18. The van der Waals surface area contributed by atoms with Gasteiger partial charge >= 0.3 is 5.97 Å². The van der Waals surface area contributed by atoms with Gasteiger partial charge in [0.2, 0.25) is 5.76 Å². The molecule has 0 bridgehead atoms. The van der Waals surface area contributed by atoms with Gasteiger partial charge in [0.1, 0.15) is 5.75 Å². The quantitative estimate of drug-likeness (QED) is 0.494. The maximum atomic E-state index is 10.3. The Balaban J connectivity index is 3.04. The van der Waals surface area contributed by atoms with Crippen LogP contribution in [0.15, 0.2) is 24.0 Å². The van der Waals surface area contributed by atoms with Gasteiger partial charge in [0, 0.05) is 0 Å². The molecule has 0 aliphatic rings. The zero-order valence-electron chi connectivity index (χ0n) is 7.56. The van der Waals surface area contributed by atoms with Crippen molar-refractivity contribution >= 4 is 12.0 Å². The summed E-state index contributed by atoms with van der Waals surface area (Å²) in [5.74, 6) is -2.09. The second kappa shape index (κ2) is 3.83. The SMILES string of the molecule is Cc1ccc(/C=C(\O)C(=O)O)cc1O. The Labute approximate surface area is 80.7 Å². The highest BCUT2D eigenvalue weighted by atomic mass is 16.4. The maximum Gasteiger partial charge on any atom is 0.370 e. The number of aliphatic hydroxyl groups excluding tert-OH is 1. The zero-order chi connectivity index (χ0) is 10.7. The molecular formula is C10H10O4. The highest BCUT2D eigenvalue weighted by molar-refractivity contribution is 5.89. The van der Waals surface area contributed by atoms with E-state index in [4.69, 9.17) is 10.2 Å². The summed E-state index contributed by atoms with van der Waals surface area (Å²) in [4.78, 5) is 10.3. The summed E-state index contributed by atoms with van der Waals surface area (Å²) < 4.78 is 0. The first-order valence-electron chi connectivity index (χ1n) is 3.94. The number of carboxylic acid groups (broad SMARTS) is 1. The van der Waals surface area contributed by atoms with Gasteiger partial charge in [0.15, 0.2) is 0 Å². The summed E-state index contributed by atoms with van der Waals surface area (Å²) in [6, 6.07) is 4.62. The fourth-order valence-electron chi connectivity index (χ4n) is 0.936. The maximum absolute atomic E-state index is 10.3. The van der Waals surface area contributed by atoms with E-state index in [1.807, 2.05) is 0 Å². The Hall–Kier alpha value is -1.97. The van der Waals surface area contributed by atoms with Crippen LogP contribution < -0.4 is 0 Å². The first-order chi connectivity index (χ1) is 6.50. The molecule has 0 heterocycles. The molecule has 0 aliphatic carbocycles. The Morgan fingerprint density at radius 2 is 2.00 bits per heavy atom. The number of hydrogen-bond acceptors (Lipinski definition) is 3. The van der Waals surface area contributed by atoms with E-state index in [9.17, 15) is 9.90 Å². The molecule has 4 heteroatoms. The van der Waals surface area contributed by atoms with Gasteiger partial charge in [0.05, 0.1) is 0 Å². The molecule has 0 spiro atoms. The number of rotatable bonds is 2. The van der Waals surface area contributed by atoms with Crippen LogP contribution in [0.25, 0.3) is 6.08 Å². The van der Waals surface area contributed by atoms with Crippen molar-refractivity contribution in [3.05, 3.63) is 35.1 Å². The predicted octanol–water partition coefficient (Wildman–Crippen LogP) is 1.68. The lowest BCUT2D eigenvalue weighted by atomic mass is 10.1. The van der Waals surface area contributed by atoms with Crippen molar-refractivity contribution in [3.63, 3.8) is 0 Å². The van der Waals surface area contributed by atoms with Crippen molar-refractivity contribution in [1.82, 2.24) is 0 Å². The molecule has 0 saturated heterocycles. The summed E-state index contributed by atoms with van der Waals surface area (Å²) in [7, 11) is 0. The lowest BCUT2D eigenvalue weighted by Crippen LogP contribution is -1.98. The standard InChI is InChI=1S/C10H10O4/c1-6-2-3-7(4-8(6)11)5-9(12)10(13)14/h2-5,11-12H,1H3,(H,13,14)/b9-5-. The molecule has 0 aliphatic heterocycles.